The van der Waals surface area contributed by atoms with Crippen LogP contribution in [0.3, 0.4) is 0 Å². The summed E-state index contributed by atoms with van der Waals surface area (Å²) in [6.07, 6.45) is 0.427. The van der Waals surface area contributed by atoms with E-state index in [4.69, 9.17) is 0 Å². The van der Waals surface area contributed by atoms with Gasteiger partial charge in [0.05, 0.1) is 16.3 Å². The third kappa shape index (κ3) is 6.40. The number of amides is 2. The van der Waals surface area contributed by atoms with Crippen LogP contribution in [-0.4, -0.2) is 45.7 Å². The van der Waals surface area contributed by atoms with Crippen molar-refractivity contribution in [3.05, 3.63) is 63.1 Å². The Labute approximate surface area is 224 Å². The number of hydrogen-bond acceptors (Lipinski definition) is 9. The molecule has 3 aromatic heterocycles. The van der Waals surface area contributed by atoms with E-state index < -0.39 is 23.0 Å². The zero-order chi connectivity index (χ0) is 26.7. The fourth-order valence-corrected chi connectivity index (χ4v) is 5.62. The van der Waals surface area contributed by atoms with Crippen LogP contribution in [0.15, 0.2) is 46.1 Å². The SMILES string of the molecule is O=C1NC(=O)C(=Cc2ccnc(N3CCC(CNCc4cc(-c5ccsc5)nc(C(F)(F)F)c4)CC3)n2)S1. The molecule has 13 heteroatoms. The summed E-state index contributed by atoms with van der Waals surface area (Å²) in [5.74, 6) is 0.483. The maximum atomic E-state index is 13.4. The molecule has 0 spiro atoms. The van der Waals surface area contributed by atoms with Crippen molar-refractivity contribution in [2.45, 2.75) is 25.6 Å². The van der Waals surface area contributed by atoms with Crippen molar-refractivity contribution in [3.8, 4) is 11.3 Å². The maximum Gasteiger partial charge on any atom is 0.433 e. The van der Waals surface area contributed by atoms with Gasteiger partial charge < -0.3 is 10.2 Å². The van der Waals surface area contributed by atoms with Gasteiger partial charge in [-0.05, 0) is 78.4 Å². The Bertz CT molecular complexity index is 1360. The Kier molecular flexibility index (Phi) is 7.77. The monoisotopic (exact) mass is 560 g/mol. The molecule has 5 heterocycles. The maximum absolute atomic E-state index is 13.4. The molecule has 5 rings (SSSR count). The van der Waals surface area contributed by atoms with Crippen molar-refractivity contribution in [2.75, 3.05) is 24.5 Å². The minimum atomic E-state index is -4.51. The van der Waals surface area contributed by atoms with Gasteiger partial charge in [-0.1, -0.05) is 0 Å². The van der Waals surface area contributed by atoms with Gasteiger partial charge >= 0.3 is 6.18 Å². The average Bonchev–Trinajstić information content (AvgIpc) is 3.54. The molecule has 3 aromatic rings. The molecule has 0 unspecified atom stereocenters. The van der Waals surface area contributed by atoms with Gasteiger partial charge in [0.2, 0.25) is 5.95 Å². The summed E-state index contributed by atoms with van der Waals surface area (Å²) in [5.41, 5.74) is 1.20. The van der Waals surface area contributed by atoms with E-state index in [1.54, 1.807) is 35.9 Å². The highest BCUT2D eigenvalue weighted by Crippen LogP contribution is 2.31. The van der Waals surface area contributed by atoms with Crippen LogP contribution in [0.2, 0.25) is 0 Å². The third-order valence-corrected chi connectivity index (χ3v) is 7.73. The molecular formula is C25H23F3N6O2S2. The topological polar surface area (TPSA) is 100 Å². The van der Waals surface area contributed by atoms with Gasteiger partial charge in [0.1, 0.15) is 5.69 Å². The van der Waals surface area contributed by atoms with Crippen LogP contribution in [0.5, 0.6) is 0 Å². The number of rotatable bonds is 7. The number of aromatic nitrogens is 3. The fraction of sp³-hybridized carbons (Fsp3) is 0.320. The van der Waals surface area contributed by atoms with Crippen molar-refractivity contribution in [1.29, 1.82) is 0 Å². The van der Waals surface area contributed by atoms with E-state index in [1.165, 1.54) is 11.3 Å². The Morgan fingerprint density at radius 2 is 1.97 bits per heavy atom. The standard InChI is InChI=1S/C25H23F3N6O2S2/c26-25(27,28)21-10-16(9-19(32-21)17-4-8-37-14-17)13-29-12-15-2-6-34(7-3-15)23-30-5-1-18(31-23)11-20-22(35)33-24(36)38-20/h1,4-5,8-11,14-15,29H,2-3,6-7,12-13H2,(H,33,35,36). The molecule has 2 saturated heterocycles. The number of piperidine rings is 1. The summed E-state index contributed by atoms with van der Waals surface area (Å²) >= 11 is 2.25. The van der Waals surface area contributed by atoms with E-state index in [2.05, 4.69) is 30.5 Å². The number of thiophene rings is 1. The quantitative estimate of drug-likeness (QED) is 0.392. The normalized spacial score (nSPS) is 17.9. The zero-order valence-electron chi connectivity index (χ0n) is 20.0. The molecule has 8 nitrogen and oxygen atoms in total. The largest absolute Gasteiger partial charge is 0.433 e. The van der Waals surface area contributed by atoms with E-state index in [-0.39, 0.29) is 0 Å². The van der Waals surface area contributed by atoms with E-state index in [0.29, 0.717) is 52.4 Å². The molecule has 0 radical (unpaired) electrons. The number of carbonyl (C=O) groups excluding carboxylic acids is 2. The van der Waals surface area contributed by atoms with Gasteiger partial charge in [-0.15, -0.1) is 0 Å². The number of alkyl halides is 3. The van der Waals surface area contributed by atoms with Gasteiger partial charge in [-0.2, -0.15) is 24.5 Å². The minimum Gasteiger partial charge on any atom is -0.341 e. The first-order valence-electron chi connectivity index (χ1n) is 11.9. The highest BCUT2D eigenvalue weighted by atomic mass is 32.2. The number of imide groups is 1. The van der Waals surface area contributed by atoms with Crippen molar-refractivity contribution in [1.82, 2.24) is 25.6 Å². The second-order valence-corrected chi connectivity index (χ2v) is 10.7. The smallest absolute Gasteiger partial charge is 0.341 e. The Morgan fingerprint density at radius 3 is 2.66 bits per heavy atom. The lowest BCUT2D eigenvalue weighted by atomic mass is 9.97. The lowest BCUT2D eigenvalue weighted by Crippen LogP contribution is -2.38. The minimum absolute atomic E-state index is 0.295. The summed E-state index contributed by atoms with van der Waals surface area (Å²) in [4.78, 5) is 38.2. The fourth-order valence-electron chi connectivity index (χ4n) is 4.30. The molecule has 0 saturated carbocycles. The Balaban J connectivity index is 1.16. The van der Waals surface area contributed by atoms with Crippen LogP contribution in [0.1, 0.15) is 29.8 Å². The number of pyridine rings is 1. The number of carbonyl (C=O) groups is 2. The zero-order valence-corrected chi connectivity index (χ0v) is 21.6. The molecule has 2 N–H and O–H groups in total. The third-order valence-electron chi connectivity index (χ3n) is 6.24. The predicted molar refractivity (Wildman–Crippen MR) is 140 cm³/mol. The molecular weight excluding hydrogens is 537 g/mol. The summed E-state index contributed by atoms with van der Waals surface area (Å²) in [5, 5.41) is 8.73. The van der Waals surface area contributed by atoms with E-state index in [9.17, 15) is 22.8 Å². The van der Waals surface area contributed by atoms with Gasteiger partial charge in [-0.25, -0.2) is 15.0 Å². The average molecular weight is 561 g/mol. The number of nitrogens with one attached hydrogen (secondary N) is 2. The highest BCUT2D eigenvalue weighted by Gasteiger charge is 2.33. The lowest BCUT2D eigenvalue weighted by Gasteiger charge is -2.32. The molecule has 2 amide bonds. The second-order valence-electron chi connectivity index (χ2n) is 8.95. The summed E-state index contributed by atoms with van der Waals surface area (Å²) in [6.45, 7) is 2.46. The van der Waals surface area contributed by atoms with Crippen LogP contribution < -0.4 is 15.5 Å². The first kappa shape index (κ1) is 26.3. The van der Waals surface area contributed by atoms with Gasteiger partial charge in [0, 0.05) is 36.8 Å². The van der Waals surface area contributed by atoms with E-state index >= 15 is 0 Å². The number of anilines is 1. The Hall–Kier alpha value is -3.29. The van der Waals surface area contributed by atoms with E-state index in [0.717, 1.165) is 43.8 Å². The molecule has 38 heavy (non-hydrogen) atoms. The number of halogens is 3. The molecule has 2 fully saturated rings. The number of hydrogen-bond donors (Lipinski definition) is 2. The van der Waals surface area contributed by atoms with Crippen molar-refractivity contribution < 1.29 is 22.8 Å². The molecule has 0 atom stereocenters. The van der Waals surface area contributed by atoms with Crippen LogP contribution in [0, 0.1) is 5.92 Å². The molecule has 0 aliphatic carbocycles. The highest BCUT2D eigenvalue weighted by molar-refractivity contribution is 8.18. The number of thioether (sulfide) groups is 1. The molecule has 2 aliphatic heterocycles. The Morgan fingerprint density at radius 1 is 1.16 bits per heavy atom. The van der Waals surface area contributed by atoms with Crippen molar-refractivity contribution in [2.24, 2.45) is 5.92 Å². The summed E-state index contributed by atoms with van der Waals surface area (Å²) < 4.78 is 40.2. The molecule has 198 valence electrons. The van der Waals surface area contributed by atoms with Gasteiger partial charge in [0.25, 0.3) is 11.1 Å². The van der Waals surface area contributed by atoms with Crippen LogP contribution in [-0.2, 0) is 17.5 Å². The molecule has 0 aromatic carbocycles. The first-order valence-corrected chi connectivity index (χ1v) is 13.6. The van der Waals surface area contributed by atoms with Crippen LogP contribution >= 0.6 is 23.1 Å². The van der Waals surface area contributed by atoms with E-state index in [1.807, 2.05) is 5.38 Å². The summed E-state index contributed by atoms with van der Waals surface area (Å²) in [7, 11) is 0. The van der Waals surface area contributed by atoms with Crippen LogP contribution in [0.4, 0.5) is 23.9 Å². The molecule has 2 aliphatic rings. The van der Waals surface area contributed by atoms with Gasteiger partial charge in [0.15, 0.2) is 0 Å². The first-order chi connectivity index (χ1) is 18.2. The summed E-state index contributed by atoms with van der Waals surface area (Å²) in [6, 6.07) is 6.25. The van der Waals surface area contributed by atoms with Crippen molar-refractivity contribution >= 4 is 46.3 Å². The van der Waals surface area contributed by atoms with Crippen molar-refractivity contribution in [3.63, 3.8) is 0 Å². The van der Waals surface area contributed by atoms with Crippen LogP contribution in [0.25, 0.3) is 17.3 Å². The predicted octanol–water partition coefficient (Wildman–Crippen LogP) is 4.95. The lowest BCUT2D eigenvalue weighted by molar-refractivity contribution is -0.141. The number of nitrogens with zero attached hydrogens (tertiary/aromatic N) is 4. The van der Waals surface area contributed by atoms with Gasteiger partial charge in [-0.3, -0.25) is 14.9 Å². The second kappa shape index (κ2) is 11.2. The molecule has 0 bridgehead atoms.